The number of furan rings is 1. The molecule has 0 atom stereocenters. The second-order valence-electron chi connectivity index (χ2n) is 3.73. The van der Waals surface area contributed by atoms with E-state index in [0.29, 0.717) is 13.1 Å². The van der Waals surface area contributed by atoms with E-state index in [9.17, 15) is 16.8 Å². The van der Waals surface area contributed by atoms with E-state index in [1.807, 2.05) is 0 Å². The first-order valence-corrected chi connectivity index (χ1v) is 8.93. The summed E-state index contributed by atoms with van der Waals surface area (Å²) in [5, 5.41) is -0.229. The molecular formula is C10H18N2O5S2. The monoisotopic (exact) mass is 310 g/mol. The summed E-state index contributed by atoms with van der Waals surface area (Å²) in [6, 6.07) is 2.74. The summed E-state index contributed by atoms with van der Waals surface area (Å²) in [5.74, 6) is -0.283. The van der Waals surface area contributed by atoms with E-state index in [-0.39, 0.29) is 17.4 Å². The van der Waals surface area contributed by atoms with Gasteiger partial charge in [0.05, 0.1) is 12.0 Å². The standard InChI is InChI=1S/C10H18N2O5S2/c1-3-12(4-2)18(13,14)9-7-11-19(15,16)10-6-5-8-17-10/h5-6,8,11H,3-4,7,9H2,1-2H3. The quantitative estimate of drug-likeness (QED) is 0.741. The second kappa shape index (κ2) is 6.51. The van der Waals surface area contributed by atoms with Gasteiger partial charge in [-0.05, 0) is 12.1 Å². The van der Waals surface area contributed by atoms with Gasteiger partial charge in [0.15, 0.2) is 0 Å². The molecule has 0 aliphatic heterocycles. The summed E-state index contributed by atoms with van der Waals surface area (Å²) in [5.41, 5.74) is 0. The van der Waals surface area contributed by atoms with Crippen molar-refractivity contribution in [1.82, 2.24) is 9.03 Å². The number of sulfonamides is 2. The van der Waals surface area contributed by atoms with Gasteiger partial charge in [-0.15, -0.1) is 0 Å². The topological polar surface area (TPSA) is 96.7 Å². The summed E-state index contributed by atoms with van der Waals surface area (Å²) in [6.45, 7) is 4.00. The van der Waals surface area contributed by atoms with Crippen molar-refractivity contribution in [3.05, 3.63) is 18.4 Å². The molecule has 0 radical (unpaired) electrons. The highest BCUT2D eigenvalue weighted by atomic mass is 32.2. The molecule has 9 heteroatoms. The zero-order chi connectivity index (χ0) is 14.5. The first-order chi connectivity index (χ1) is 8.83. The minimum absolute atomic E-state index is 0.193. The van der Waals surface area contributed by atoms with Crippen molar-refractivity contribution < 1.29 is 21.3 Å². The average molecular weight is 310 g/mol. The van der Waals surface area contributed by atoms with Crippen molar-refractivity contribution in [3.63, 3.8) is 0 Å². The third-order valence-electron chi connectivity index (χ3n) is 2.51. The third-order valence-corrected chi connectivity index (χ3v) is 5.88. The Bertz CT molecular complexity index is 573. The fourth-order valence-electron chi connectivity index (χ4n) is 1.54. The maximum Gasteiger partial charge on any atom is 0.273 e. The Hall–Kier alpha value is -0.900. The van der Waals surface area contributed by atoms with Crippen molar-refractivity contribution in [2.24, 2.45) is 0 Å². The van der Waals surface area contributed by atoms with Crippen molar-refractivity contribution in [2.45, 2.75) is 18.9 Å². The lowest BCUT2D eigenvalue weighted by atomic mass is 10.7. The Balaban J connectivity index is 2.60. The van der Waals surface area contributed by atoms with Crippen LogP contribution in [0.5, 0.6) is 0 Å². The van der Waals surface area contributed by atoms with Crippen LogP contribution >= 0.6 is 0 Å². The number of nitrogens with one attached hydrogen (secondary N) is 1. The Labute approximate surface area is 113 Å². The Morgan fingerprint density at radius 3 is 2.32 bits per heavy atom. The molecule has 110 valence electrons. The van der Waals surface area contributed by atoms with E-state index < -0.39 is 20.0 Å². The molecule has 19 heavy (non-hydrogen) atoms. The van der Waals surface area contributed by atoms with Gasteiger partial charge in [-0.3, -0.25) is 0 Å². The molecule has 7 nitrogen and oxygen atoms in total. The Kier molecular flexibility index (Phi) is 5.53. The maximum atomic E-state index is 11.8. The summed E-state index contributed by atoms with van der Waals surface area (Å²) < 4.78 is 55.3. The molecule has 1 aromatic heterocycles. The van der Waals surface area contributed by atoms with Crippen LogP contribution in [0, 0.1) is 0 Å². The fraction of sp³-hybridized carbons (Fsp3) is 0.600. The van der Waals surface area contributed by atoms with E-state index in [2.05, 4.69) is 4.72 Å². The molecule has 0 saturated heterocycles. The lowest BCUT2D eigenvalue weighted by Gasteiger charge is -2.18. The molecule has 0 unspecified atom stereocenters. The SMILES string of the molecule is CCN(CC)S(=O)(=O)CCNS(=O)(=O)c1ccco1. The predicted octanol–water partition coefficient (Wildman–Crippen LogP) is 0.230. The molecule has 0 saturated carbocycles. The van der Waals surface area contributed by atoms with Gasteiger partial charge in [-0.2, -0.15) is 0 Å². The highest BCUT2D eigenvalue weighted by Crippen LogP contribution is 2.08. The van der Waals surface area contributed by atoms with Crippen LogP contribution in [0.4, 0.5) is 0 Å². The van der Waals surface area contributed by atoms with Crippen LogP contribution in [0.1, 0.15) is 13.8 Å². The predicted molar refractivity (Wildman–Crippen MR) is 70.6 cm³/mol. The van der Waals surface area contributed by atoms with Crippen molar-refractivity contribution in [2.75, 3.05) is 25.4 Å². The normalized spacial score (nSPS) is 13.0. The zero-order valence-electron chi connectivity index (χ0n) is 10.9. The minimum atomic E-state index is -3.78. The molecule has 0 aliphatic carbocycles. The molecule has 0 fully saturated rings. The molecule has 1 heterocycles. The lowest BCUT2D eigenvalue weighted by molar-refractivity contribution is 0.441. The molecule has 0 bridgehead atoms. The first-order valence-electron chi connectivity index (χ1n) is 5.84. The van der Waals surface area contributed by atoms with Gasteiger partial charge in [0.2, 0.25) is 15.1 Å². The van der Waals surface area contributed by atoms with Gasteiger partial charge in [0.25, 0.3) is 10.0 Å². The summed E-state index contributed by atoms with van der Waals surface area (Å²) in [4.78, 5) is 0. The summed E-state index contributed by atoms with van der Waals surface area (Å²) in [7, 11) is -7.22. The van der Waals surface area contributed by atoms with Crippen LogP contribution in [-0.2, 0) is 20.0 Å². The van der Waals surface area contributed by atoms with Crippen LogP contribution in [0.2, 0.25) is 0 Å². The van der Waals surface area contributed by atoms with E-state index in [4.69, 9.17) is 4.42 Å². The minimum Gasteiger partial charge on any atom is -0.452 e. The van der Waals surface area contributed by atoms with Crippen LogP contribution in [0.25, 0.3) is 0 Å². The smallest absolute Gasteiger partial charge is 0.273 e. The largest absolute Gasteiger partial charge is 0.452 e. The average Bonchev–Trinajstić information content (AvgIpc) is 2.83. The zero-order valence-corrected chi connectivity index (χ0v) is 12.5. The number of hydrogen-bond acceptors (Lipinski definition) is 5. The second-order valence-corrected chi connectivity index (χ2v) is 7.52. The van der Waals surface area contributed by atoms with E-state index >= 15 is 0 Å². The molecular weight excluding hydrogens is 292 g/mol. The highest BCUT2D eigenvalue weighted by molar-refractivity contribution is 7.90. The summed E-state index contributed by atoms with van der Waals surface area (Å²) >= 11 is 0. The third kappa shape index (κ3) is 4.30. The highest BCUT2D eigenvalue weighted by Gasteiger charge is 2.21. The Morgan fingerprint density at radius 2 is 1.84 bits per heavy atom. The van der Waals surface area contributed by atoms with Gasteiger partial charge in [-0.25, -0.2) is 25.9 Å². The molecule has 0 aromatic carbocycles. The molecule has 0 aliphatic rings. The molecule has 1 rings (SSSR count). The van der Waals surface area contributed by atoms with Crippen molar-refractivity contribution in [1.29, 1.82) is 0 Å². The van der Waals surface area contributed by atoms with Gasteiger partial charge < -0.3 is 4.42 Å². The summed E-state index contributed by atoms with van der Waals surface area (Å²) in [6.07, 6.45) is 1.24. The first kappa shape index (κ1) is 16.2. The van der Waals surface area contributed by atoms with Crippen LogP contribution in [-0.4, -0.2) is 46.5 Å². The van der Waals surface area contributed by atoms with E-state index in [0.717, 1.165) is 0 Å². The van der Waals surface area contributed by atoms with Gasteiger partial charge in [-0.1, -0.05) is 13.8 Å². The van der Waals surface area contributed by atoms with Gasteiger partial charge in [0, 0.05) is 19.6 Å². The van der Waals surface area contributed by atoms with Crippen molar-refractivity contribution in [3.8, 4) is 0 Å². The van der Waals surface area contributed by atoms with E-state index in [1.165, 1.54) is 22.7 Å². The molecule has 1 aromatic rings. The van der Waals surface area contributed by atoms with Crippen molar-refractivity contribution >= 4 is 20.0 Å². The number of nitrogens with zero attached hydrogens (tertiary/aromatic N) is 1. The van der Waals surface area contributed by atoms with Gasteiger partial charge >= 0.3 is 0 Å². The number of hydrogen-bond donors (Lipinski definition) is 1. The molecule has 0 amide bonds. The fourth-order valence-corrected chi connectivity index (χ4v) is 4.03. The number of rotatable bonds is 8. The van der Waals surface area contributed by atoms with Crippen LogP contribution in [0.3, 0.4) is 0 Å². The lowest BCUT2D eigenvalue weighted by Crippen LogP contribution is -2.37. The molecule has 1 N–H and O–H groups in total. The van der Waals surface area contributed by atoms with Crippen LogP contribution in [0.15, 0.2) is 27.9 Å². The Morgan fingerprint density at radius 1 is 1.21 bits per heavy atom. The maximum absolute atomic E-state index is 11.8. The van der Waals surface area contributed by atoms with E-state index in [1.54, 1.807) is 13.8 Å². The van der Waals surface area contributed by atoms with Gasteiger partial charge in [0.1, 0.15) is 0 Å². The van der Waals surface area contributed by atoms with Crippen LogP contribution < -0.4 is 4.72 Å². The molecule has 0 spiro atoms.